The van der Waals surface area contributed by atoms with Crippen molar-refractivity contribution < 1.29 is 9.18 Å². The molecule has 0 aliphatic carbocycles. The third kappa shape index (κ3) is 3.18. The average molecular weight is 277 g/mol. The van der Waals surface area contributed by atoms with Gasteiger partial charge in [0.05, 0.1) is 11.9 Å². The molecule has 20 heavy (non-hydrogen) atoms. The molecule has 0 radical (unpaired) electrons. The lowest BCUT2D eigenvalue weighted by Crippen LogP contribution is -2.48. The van der Waals surface area contributed by atoms with Gasteiger partial charge in [-0.1, -0.05) is 0 Å². The van der Waals surface area contributed by atoms with E-state index in [9.17, 15) is 9.18 Å². The maximum absolute atomic E-state index is 12.8. The van der Waals surface area contributed by atoms with Gasteiger partial charge in [-0.2, -0.15) is 9.90 Å². The summed E-state index contributed by atoms with van der Waals surface area (Å²) in [6.07, 6.45) is 1.35. The molecule has 2 rings (SSSR count). The van der Waals surface area contributed by atoms with Crippen LogP contribution in [0, 0.1) is 5.82 Å². The Bertz CT molecular complexity index is 605. The zero-order chi connectivity index (χ0) is 14.8. The molecular weight excluding hydrogens is 261 g/mol. The standard InChI is InChI=1S/C13H16FN5O/c1-13(2,8-15)17-12(20)11-7-16-19(18-11)10-5-3-9(14)4-6-10/h3-7H,8,15H2,1-2H3,(H,17,20). The van der Waals surface area contributed by atoms with Crippen molar-refractivity contribution in [2.24, 2.45) is 5.73 Å². The highest BCUT2D eigenvalue weighted by atomic mass is 19.1. The van der Waals surface area contributed by atoms with Crippen LogP contribution in [0.4, 0.5) is 4.39 Å². The molecule has 106 valence electrons. The first kappa shape index (κ1) is 14.1. The Hall–Kier alpha value is -2.28. The van der Waals surface area contributed by atoms with Crippen molar-refractivity contribution in [3.05, 3.63) is 42.0 Å². The number of halogens is 1. The van der Waals surface area contributed by atoms with Crippen LogP contribution in [-0.2, 0) is 0 Å². The summed E-state index contributed by atoms with van der Waals surface area (Å²) in [4.78, 5) is 13.2. The number of carbonyl (C=O) groups excluding carboxylic acids is 1. The smallest absolute Gasteiger partial charge is 0.273 e. The van der Waals surface area contributed by atoms with Crippen molar-refractivity contribution in [3.63, 3.8) is 0 Å². The number of nitrogens with one attached hydrogen (secondary N) is 1. The summed E-state index contributed by atoms with van der Waals surface area (Å²) >= 11 is 0. The molecule has 7 heteroatoms. The van der Waals surface area contributed by atoms with Crippen LogP contribution in [0.5, 0.6) is 0 Å². The van der Waals surface area contributed by atoms with Crippen molar-refractivity contribution >= 4 is 5.91 Å². The fraction of sp³-hybridized carbons (Fsp3) is 0.308. The number of nitrogens with zero attached hydrogens (tertiary/aromatic N) is 3. The van der Waals surface area contributed by atoms with Gasteiger partial charge >= 0.3 is 0 Å². The minimum atomic E-state index is -0.517. The molecule has 0 fully saturated rings. The summed E-state index contributed by atoms with van der Waals surface area (Å²) < 4.78 is 12.8. The maximum atomic E-state index is 12.8. The zero-order valence-corrected chi connectivity index (χ0v) is 11.3. The van der Waals surface area contributed by atoms with E-state index < -0.39 is 5.54 Å². The molecule has 0 bridgehead atoms. The van der Waals surface area contributed by atoms with Crippen molar-refractivity contribution in [2.75, 3.05) is 6.54 Å². The number of rotatable bonds is 4. The van der Waals surface area contributed by atoms with Gasteiger partial charge in [0.2, 0.25) is 0 Å². The number of aromatic nitrogens is 3. The molecule has 0 unspecified atom stereocenters. The minimum absolute atomic E-state index is 0.177. The van der Waals surface area contributed by atoms with Crippen molar-refractivity contribution in [1.82, 2.24) is 20.3 Å². The van der Waals surface area contributed by atoms with Gasteiger partial charge < -0.3 is 11.1 Å². The largest absolute Gasteiger partial charge is 0.344 e. The Balaban J connectivity index is 2.17. The normalized spacial score (nSPS) is 11.4. The molecule has 1 aromatic heterocycles. The Morgan fingerprint density at radius 3 is 2.65 bits per heavy atom. The first-order valence-corrected chi connectivity index (χ1v) is 6.12. The lowest BCUT2D eigenvalue weighted by Gasteiger charge is -2.23. The second kappa shape index (κ2) is 5.38. The molecule has 1 aromatic carbocycles. The van der Waals surface area contributed by atoms with Gasteiger partial charge in [0.25, 0.3) is 5.91 Å². The van der Waals surface area contributed by atoms with Crippen LogP contribution in [0.25, 0.3) is 5.69 Å². The molecule has 0 saturated heterocycles. The van der Waals surface area contributed by atoms with Crippen LogP contribution < -0.4 is 11.1 Å². The quantitative estimate of drug-likeness (QED) is 0.868. The Morgan fingerprint density at radius 2 is 2.05 bits per heavy atom. The van der Waals surface area contributed by atoms with Crippen molar-refractivity contribution in [3.8, 4) is 5.69 Å². The van der Waals surface area contributed by atoms with Gasteiger partial charge in [0, 0.05) is 12.1 Å². The number of carbonyl (C=O) groups is 1. The van der Waals surface area contributed by atoms with Crippen LogP contribution in [0.15, 0.2) is 30.5 Å². The van der Waals surface area contributed by atoms with E-state index >= 15 is 0 Å². The highest BCUT2D eigenvalue weighted by molar-refractivity contribution is 5.92. The molecule has 0 aliphatic rings. The van der Waals surface area contributed by atoms with Crippen LogP contribution in [-0.4, -0.2) is 33.0 Å². The number of hydrogen-bond acceptors (Lipinski definition) is 4. The summed E-state index contributed by atoms with van der Waals surface area (Å²) in [6.45, 7) is 3.94. The number of hydrogen-bond donors (Lipinski definition) is 2. The van der Waals surface area contributed by atoms with Gasteiger partial charge in [-0.05, 0) is 38.1 Å². The average Bonchev–Trinajstić information content (AvgIpc) is 2.89. The van der Waals surface area contributed by atoms with E-state index in [1.165, 1.54) is 35.3 Å². The number of nitrogens with two attached hydrogens (primary N) is 1. The van der Waals surface area contributed by atoms with Gasteiger partial charge in [-0.3, -0.25) is 4.79 Å². The minimum Gasteiger partial charge on any atom is -0.344 e. The van der Waals surface area contributed by atoms with E-state index in [4.69, 9.17) is 5.73 Å². The first-order valence-electron chi connectivity index (χ1n) is 6.12. The molecule has 1 heterocycles. The van der Waals surface area contributed by atoms with Crippen LogP contribution in [0.3, 0.4) is 0 Å². The molecule has 6 nitrogen and oxygen atoms in total. The second-order valence-electron chi connectivity index (χ2n) is 5.04. The number of benzene rings is 1. The highest BCUT2D eigenvalue weighted by Gasteiger charge is 2.21. The van der Waals surface area contributed by atoms with Crippen LogP contribution >= 0.6 is 0 Å². The molecular formula is C13H16FN5O. The Kier molecular flexibility index (Phi) is 3.80. The summed E-state index contributed by atoms with van der Waals surface area (Å²) in [5, 5.41) is 10.8. The molecule has 1 amide bonds. The van der Waals surface area contributed by atoms with Gasteiger partial charge in [-0.15, -0.1) is 5.10 Å². The summed E-state index contributed by atoms with van der Waals surface area (Å²) in [5.74, 6) is -0.697. The maximum Gasteiger partial charge on any atom is 0.273 e. The highest BCUT2D eigenvalue weighted by Crippen LogP contribution is 2.07. The molecule has 0 atom stereocenters. The Morgan fingerprint density at radius 1 is 1.40 bits per heavy atom. The second-order valence-corrected chi connectivity index (χ2v) is 5.04. The van der Waals surface area contributed by atoms with Gasteiger partial charge in [0.15, 0.2) is 5.69 Å². The lowest BCUT2D eigenvalue weighted by molar-refractivity contribution is 0.0910. The van der Waals surface area contributed by atoms with Crippen molar-refractivity contribution in [1.29, 1.82) is 0 Å². The van der Waals surface area contributed by atoms with Gasteiger partial charge in [0.1, 0.15) is 5.82 Å². The predicted octanol–water partition coefficient (Wildman–Crippen LogP) is 0.873. The molecule has 0 saturated carbocycles. The SMILES string of the molecule is CC(C)(CN)NC(=O)c1cnn(-c2ccc(F)cc2)n1. The fourth-order valence-corrected chi connectivity index (χ4v) is 1.49. The fourth-order valence-electron chi connectivity index (χ4n) is 1.49. The zero-order valence-electron chi connectivity index (χ0n) is 11.3. The molecule has 3 N–H and O–H groups in total. The monoisotopic (exact) mass is 277 g/mol. The van der Waals surface area contributed by atoms with E-state index in [1.807, 2.05) is 13.8 Å². The van der Waals surface area contributed by atoms with E-state index in [0.29, 0.717) is 12.2 Å². The van der Waals surface area contributed by atoms with Crippen LogP contribution in [0.1, 0.15) is 24.3 Å². The van der Waals surface area contributed by atoms with Crippen molar-refractivity contribution in [2.45, 2.75) is 19.4 Å². The molecule has 2 aromatic rings. The van der Waals surface area contributed by atoms with E-state index in [2.05, 4.69) is 15.5 Å². The molecule has 0 aliphatic heterocycles. The van der Waals surface area contributed by atoms with E-state index in [0.717, 1.165) is 0 Å². The molecule has 0 spiro atoms. The lowest BCUT2D eigenvalue weighted by atomic mass is 10.1. The van der Waals surface area contributed by atoms with Gasteiger partial charge in [-0.25, -0.2) is 4.39 Å². The van der Waals surface area contributed by atoms with E-state index in [-0.39, 0.29) is 17.4 Å². The first-order chi connectivity index (χ1) is 9.41. The predicted molar refractivity (Wildman–Crippen MR) is 71.9 cm³/mol. The summed E-state index contributed by atoms with van der Waals surface area (Å²) in [5.41, 5.74) is 5.78. The summed E-state index contributed by atoms with van der Waals surface area (Å²) in [6, 6.07) is 5.66. The van der Waals surface area contributed by atoms with Crippen LogP contribution in [0.2, 0.25) is 0 Å². The third-order valence-corrected chi connectivity index (χ3v) is 2.74. The summed E-state index contributed by atoms with van der Waals surface area (Å²) in [7, 11) is 0. The van der Waals surface area contributed by atoms with E-state index in [1.54, 1.807) is 0 Å². The number of amides is 1. The third-order valence-electron chi connectivity index (χ3n) is 2.74. The topological polar surface area (TPSA) is 85.8 Å². The Labute approximate surface area is 115 Å².